The fourth-order valence-corrected chi connectivity index (χ4v) is 3.05. The first-order valence-electron chi connectivity index (χ1n) is 6.91. The van der Waals surface area contributed by atoms with Gasteiger partial charge in [-0.25, -0.2) is 17.5 Å². The number of nitrogen functional groups attached to an aromatic ring is 1. The Morgan fingerprint density at radius 1 is 1.33 bits per heavy atom. The van der Waals surface area contributed by atoms with Crippen molar-refractivity contribution >= 4 is 15.7 Å². The largest absolute Gasteiger partial charge is 0.399 e. The zero-order valence-corrected chi connectivity index (χ0v) is 13.5. The molecule has 1 rings (SSSR count). The van der Waals surface area contributed by atoms with E-state index in [1.165, 1.54) is 13.0 Å². The van der Waals surface area contributed by atoms with E-state index in [0.29, 0.717) is 13.0 Å². The van der Waals surface area contributed by atoms with Gasteiger partial charge in [0.05, 0.1) is 6.10 Å². The standard InChI is InChI=1S/C14H23FN2O3S/c1-10(2)20-7-5-4-6-17-21(18,19)13-9-12(16)8-11(3)14(13)15/h8-10,17H,4-7,16H2,1-3H3. The van der Waals surface area contributed by atoms with Gasteiger partial charge in [-0.1, -0.05) is 0 Å². The smallest absolute Gasteiger partial charge is 0.243 e. The number of halogens is 1. The fourth-order valence-electron chi connectivity index (χ4n) is 1.79. The van der Waals surface area contributed by atoms with Crippen LogP contribution in [0.4, 0.5) is 10.1 Å². The van der Waals surface area contributed by atoms with E-state index in [2.05, 4.69) is 4.72 Å². The van der Waals surface area contributed by atoms with Crippen molar-refractivity contribution in [2.45, 2.75) is 44.6 Å². The molecule has 3 N–H and O–H groups in total. The topological polar surface area (TPSA) is 81.4 Å². The predicted octanol–water partition coefficient (Wildman–Crippen LogP) is 2.20. The Morgan fingerprint density at radius 2 is 2.00 bits per heavy atom. The van der Waals surface area contributed by atoms with Crippen molar-refractivity contribution in [3.8, 4) is 0 Å². The first kappa shape index (κ1) is 17.9. The Bertz CT molecular complexity index is 574. The molecule has 1 aromatic carbocycles. The van der Waals surface area contributed by atoms with Crippen LogP contribution in [-0.2, 0) is 14.8 Å². The van der Waals surface area contributed by atoms with E-state index in [9.17, 15) is 12.8 Å². The molecular formula is C14H23FN2O3S. The van der Waals surface area contributed by atoms with Crippen LogP contribution in [0, 0.1) is 12.7 Å². The average Bonchev–Trinajstić information content (AvgIpc) is 2.37. The monoisotopic (exact) mass is 318 g/mol. The molecule has 0 spiro atoms. The molecule has 1 aromatic rings. The van der Waals surface area contributed by atoms with E-state index in [-0.39, 0.29) is 23.9 Å². The molecule has 0 aromatic heterocycles. The van der Waals surface area contributed by atoms with Gasteiger partial charge in [-0.15, -0.1) is 0 Å². The Morgan fingerprint density at radius 3 is 2.62 bits per heavy atom. The van der Waals surface area contributed by atoms with Gasteiger partial charge >= 0.3 is 0 Å². The molecule has 7 heteroatoms. The summed E-state index contributed by atoms with van der Waals surface area (Å²) in [6.07, 6.45) is 1.51. The van der Waals surface area contributed by atoms with E-state index >= 15 is 0 Å². The van der Waals surface area contributed by atoms with Gasteiger partial charge in [0, 0.05) is 18.8 Å². The number of unbranched alkanes of at least 4 members (excludes halogenated alkanes) is 1. The minimum atomic E-state index is -3.89. The molecule has 0 heterocycles. The zero-order valence-electron chi connectivity index (χ0n) is 12.6. The van der Waals surface area contributed by atoms with Crippen LogP contribution in [0.1, 0.15) is 32.3 Å². The van der Waals surface area contributed by atoms with Gasteiger partial charge in [0.2, 0.25) is 10.0 Å². The quantitative estimate of drug-likeness (QED) is 0.569. The fraction of sp³-hybridized carbons (Fsp3) is 0.571. The predicted molar refractivity (Wildman–Crippen MR) is 81.1 cm³/mol. The number of benzene rings is 1. The van der Waals surface area contributed by atoms with Crippen LogP contribution in [0.5, 0.6) is 0 Å². The molecule has 0 radical (unpaired) electrons. The summed E-state index contributed by atoms with van der Waals surface area (Å²) >= 11 is 0. The lowest BCUT2D eigenvalue weighted by Gasteiger charge is -2.10. The second-order valence-electron chi connectivity index (χ2n) is 5.17. The first-order valence-corrected chi connectivity index (χ1v) is 8.39. The Labute approximate surface area is 125 Å². The molecule has 0 atom stereocenters. The van der Waals surface area contributed by atoms with Gasteiger partial charge in [-0.05, 0) is 51.3 Å². The van der Waals surface area contributed by atoms with Crippen molar-refractivity contribution in [1.29, 1.82) is 0 Å². The van der Waals surface area contributed by atoms with Crippen LogP contribution >= 0.6 is 0 Å². The number of aryl methyl sites for hydroxylation is 1. The minimum Gasteiger partial charge on any atom is -0.399 e. The summed E-state index contributed by atoms with van der Waals surface area (Å²) in [5, 5.41) is 0. The van der Waals surface area contributed by atoms with Gasteiger partial charge in [-0.3, -0.25) is 0 Å². The molecule has 0 aliphatic heterocycles. The molecule has 0 saturated carbocycles. The summed E-state index contributed by atoms with van der Waals surface area (Å²) in [5.41, 5.74) is 6.00. The van der Waals surface area contributed by atoms with E-state index in [0.717, 1.165) is 12.5 Å². The third kappa shape index (κ3) is 5.61. The molecule has 0 bridgehead atoms. The SMILES string of the molecule is Cc1cc(N)cc(S(=O)(=O)NCCCCOC(C)C)c1F. The Hall–Kier alpha value is -1.18. The summed E-state index contributed by atoms with van der Waals surface area (Å²) in [6, 6.07) is 2.53. The number of ether oxygens (including phenoxy) is 1. The molecule has 21 heavy (non-hydrogen) atoms. The van der Waals surface area contributed by atoms with Crippen molar-refractivity contribution in [2.24, 2.45) is 0 Å². The van der Waals surface area contributed by atoms with Crippen LogP contribution in [0.25, 0.3) is 0 Å². The van der Waals surface area contributed by atoms with Crippen molar-refractivity contribution in [2.75, 3.05) is 18.9 Å². The summed E-state index contributed by atoms with van der Waals surface area (Å²) in [7, 11) is -3.89. The van der Waals surface area contributed by atoms with Crippen LogP contribution in [0.2, 0.25) is 0 Å². The highest BCUT2D eigenvalue weighted by atomic mass is 32.2. The average molecular weight is 318 g/mol. The molecule has 0 aliphatic carbocycles. The van der Waals surface area contributed by atoms with Gasteiger partial charge in [0.15, 0.2) is 0 Å². The van der Waals surface area contributed by atoms with Crippen LogP contribution in [-0.4, -0.2) is 27.7 Å². The van der Waals surface area contributed by atoms with E-state index in [4.69, 9.17) is 10.5 Å². The normalized spacial score (nSPS) is 12.0. The van der Waals surface area contributed by atoms with Crippen LogP contribution in [0.3, 0.4) is 0 Å². The van der Waals surface area contributed by atoms with Crippen LogP contribution in [0.15, 0.2) is 17.0 Å². The van der Waals surface area contributed by atoms with E-state index in [1.54, 1.807) is 0 Å². The van der Waals surface area contributed by atoms with Gasteiger partial charge in [-0.2, -0.15) is 0 Å². The molecule has 0 fully saturated rings. The highest BCUT2D eigenvalue weighted by Gasteiger charge is 2.20. The molecule has 0 saturated heterocycles. The molecule has 5 nitrogen and oxygen atoms in total. The van der Waals surface area contributed by atoms with E-state index in [1.807, 2.05) is 13.8 Å². The van der Waals surface area contributed by atoms with Crippen molar-refractivity contribution in [1.82, 2.24) is 4.72 Å². The number of sulfonamides is 1. The van der Waals surface area contributed by atoms with Gasteiger partial charge < -0.3 is 10.5 Å². The first-order chi connectivity index (χ1) is 9.74. The lowest BCUT2D eigenvalue weighted by atomic mass is 10.2. The highest BCUT2D eigenvalue weighted by molar-refractivity contribution is 7.89. The summed E-state index contributed by atoms with van der Waals surface area (Å²) in [5.74, 6) is -0.764. The summed E-state index contributed by atoms with van der Waals surface area (Å²) in [4.78, 5) is -0.404. The number of hydrogen-bond donors (Lipinski definition) is 2. The third-order valence-electron chi connectivity index (χ3n) is 2.85. The number of anilines is 1. The maximum absolute atomic E-state index is 13.9. The number of nitrogens with one attached hydrogen (secondary N) is 1. The van der Waals surface area contributed by atoms with E-state index < -0.39 is 20.7 Å². The Balaban J connectivity index is 2.59. The second kappa shape index (κ2) is 7.72. The number of nitrogens with two attached hydrogens (primary N) is 1. The zero-order chi connectivity index (χ0) is 16.0. The maximum Gasteiger partial charge on any atom is 0.243 e. The number of rotatable bonds is 8. The van der Waals surface area contributed by atoms with Crippen LogP contribution < -0.4 is 10.5 Å². The Kier molecular flexibility index (Phi) is 6.57. The lowest BCUT2D eigenvalue weighted by Crippen LogP contribution is -2.26. The molecule has 0 amide bonds. The summed E-state index contributed by atoms with van der Waals surface area (Å²) < 4.78 is 45.8. The summed E-state index contributed by atoms with van der Waals surface area (Å²) in [6.45, 7) is 6.16. The van der Waals surface area contributed by atoms with Gasteiger partial charge in [0.1, 0.15) is 10.7 Å². The number of hydrogen-bond acceptors (Lipinski definition) is 4. The van der Waals surface area contributed by atoms with Crippen molar-refractivity contribution in [3.05, 3.63) is 23.5 Å². The minimum absolute atomic E-state index is 0.158. The maximum atomic E-state index is 13.9. The lowest BCUT2D eigenvalue weighted by molar-refractivity contribution is 0.0762. The molecule has 0 aliphatic rings. The molecule has 0 unspecified atom stereocenters. The van der Waals surface area contributed by atoms with Crippen molar-refractivity contribution < 1.29 is 17.5 Å². The second-order valence-corrected chi connectivity index (χ2v) is 6.91. The van der Waals surface area contributed by atoms with Crippen molar-refractivity contribution in [3.63, 3.8) is 0 Å². The molecular weight excluding hydrogens is 295 g/mol. The highest BCUT2D eigenvalue weighted by Crippen LogP contribution is 2.21. The van der Waals surface area contributed by atoms with Gasteiger partial charge in [0.25, 0.3) is 0 Å². The molecule has 120 valence electrons. The third-order valence-corrected chi connectivity index (χ3v) is 4.31.